The van der Waals surface area contributed by atoms with Crippen LogP contribution in [0.5, 0.6) is 0 Å². The Hall–Kier alpha value is -1.55. The molecule has 0 bridgehead atoms. The SMILES string of the molecule is C#C.C[NH2+][C@]1(C(C)=O)CC1C.C[NH2+][C@]1(C(C)=O)CC1C.C[NH2+][C@]1(C(C)=O)CC1C. The minimum Gasteiger partial charge on any atom is -0.337 e. The molecule has 3 aliphatic carbocycles. The summed E-state index contributed by atoms with van der Waals surface area (Å²) in [6.45, 7) is 11.4. The van der Waals surface area contributed by atoms with E-state index >= 15 is 0 Å². The Morgan fingerprint density at radius 3 is 0.759 bits per heavy atom. The zero-order chi connectivity index (χ0) is 23.2. The summed E-state index contributed by atoms with van der Waals surface area (Å²) in [6, 6.07) is 0. The first-order chi connectivity index (χ1) is 13.4. The highest BCUT2D eigenvalue weighted by atomic mass is 16.1. The van der Waals surface area contributed by atoms with Crippen molar-refractivity contribution in [3.63, 3.8) is 0 Å². The Labute approximate surface area is 177 Å². The third-order valence-corrected chi connectivity index (χ3v) is 7.60. The van der Waals surface area contributed by atoms with Crippen LogP contribution in [0, 0.1) is 30.6 Å². The molecule has 0 saturated heterocycles. The zero-order valence-corrected chi connectivity index (χ0v) is 20.0. The minimum absolute atomic E-state index is 0.0139. The molecule has 6 heteroatoms. The van der Waals surface area contributed by atoms with Gasteiger partial charge in [-0.15, -0.1) is 12.8 Å². The normalized spacial score (nSPS) is 37.8. The van der Waals surface area contributed by atoms with Crippen LogP contribution >= 0.6 is 0 Å². The fourth-order valence-corrected chi connectivity index (χ4v) is 4.63. The molecule has 6 atom stereocenters. The van der Waals surface area contributed by atoms with Crippen LogP contribution in [0.2, 0.25) is 0 Å². The van der Waals surface area contributed by atoms with Crippen LogP contribution < -0.4 is 16.0 Å². The molecular formula is C23H44N3O3+3. The van der Waals surface area contributed by atoms with Gasteiger partial charge in [0.2, 0.25) is 0 Å². The molecule has 3 unspecified atom stereocenters. The first-order valence-corrected chi connectivity index (χ1v) is 10.7. The van der Waals surface area contributed by atoms with Gasteiger partial charge in [-0.2, -0.15) is 0 Å². The third-order valence-electron chi connectivity index (χ3n) is 7.60. The number of hydrogen-bond acceptors (Lipinski definition) is 3. The lowest BCUT2D eigenvalue weighted by molar-refractivity contribution is -0.666. The molecule has 0 heterocycles. The average molecular weight is 411 g/mol. The third kappa shape index (κ3) is 5.75. The zero-order valence-electron chi connectivity index (χ0n) is 20.0. The number of nitrogens with two attached hydrogens (primary N) is 3. The van der Waals surface area contributed by atoms with Crippen molar-refractivity contribution in [3.8, 4) is 12.8 Å². The molecule has 3 fully saturated rings. The summed E-state index contributed by atoms with van der Waals surface area (Å²) in [6.07, 6.45) is 11.2. The molecule has 166 valence electrons. The Morgan fingerprint density at radius 2 is 0.759 bits per heavy atom. The van der Waals surface area contributed by atoms with Gasteiger partial charge >= 0.3 is 0 Å². The molecular weight excluding hydrogens is 366 g/mol. The highest BCUT2D eigenvalue weighted by Gasteiger charge is 2.59. The van der Waals surface area contributed by atoms with Crippen LogP contribution in [-0.4, -0.2) is 55.1 Å². The molecule has 0 radical (unpaired) electrons. The molecule has 3 aliphatic rings. The Bertz CT molecular complexity index is 539. The van der Waals surface area contributed by atoms with Crippen molar-refractivity contribution in [2.75, 3.05) is 21.1 Å². The van der Waals surface area contributed by atoms with E-state index in [4.69, 9.17) is 0 Å². The molecule has 3 rings (SSSR count). The Balaban J connectivity index is 0.000000388. The van der Waals surface area contributed by atoms with Crippen molar-refractivity contribution >= 4 is 17.3 Å². The number of ketones is 3. The average Bonchev–Trinajstić information content (AvgIpc) is 3.61. The predicted molar refractivity (Wildman–Crippen MR) is 115 cm³/mol. The van der Waals surface area contributed by atoms with E-state index in [2.05, 4.69) is 33.6 Å². The fourth-order valence-electron chi connectivity index (χ4n) is 4.63. The number of Topliss-reactive ketones (excluding diaryl/α,β-unsaturated/α-hetero) is 3. The van der Waals surface area contributed by atoms with Crippen molar-refractivity contribution < 1.29 is 30.3 Å². The molecule has 0 aliphatic heterocycles. The van der Waals surface area contributed by atoms with E-state index in [1.807, 2.05) is 37.1 Å². The van der Waals surface area contributed by atoms with Crippen molar-refractivity contribution in [2.24, 2.45) is 17.8 Å². The van der Waals surface area contributed by atoms with Crippen LogP contribution in [0.15, 0.2) is 0 Å². The largest absolute Gasteiger partial charge is 0.337 e. The molecule has 0 aromatic rings. The summed E-state index contributed by atoms with van der Waals surface area (Å²) in [4.78, 5) is 32.8. The first-order valence-electron chi connectivity index (χ1n) is 10.7. The summed E-state index contributed by atoms with van der Waals surface area (Å²) in [7, 11) is 5.93. The lowest BCUT2D eigenvalue weighted by atomic mass is 10.1. The van der Waals surface area contributed by atoms with Crippen molar-refractivity contribution in [1.29, 1.82) is 0 Å². The van der Waals surface area contributed by atoms with Crippen LogP contribution in [0.1, 0.15) is 60.8 Å². The van der Waals surface area contributed by atoms with Crippen LogP contribution in [0.3, 0.4) is 0 Å². The highest BCUT2D eigenvalue weighted by molar-refractivity contribution is 5.88. The number of quaternary nitrogens is 3. The highest BCUT2D eigenvalue weighted by Crippen LogP contribution is 2.40. The molecule has 6 N–H and O–H groups in total. The number of carbonyl (C=O) groups is 3. The molecule has 29 heavy (non-hydrogen) atoms. The van der Waals surface area contributed by atoms with E-state index in [1.54, 1.807) is 20.8 Å². The first kappa shape index (κ1) is 27.5. The predicted octanol–water partition coefficient (Wildman–Crippen LogP) is -1.11. The van der Waals surface area contributed by atoms with Crippen LogP contribution in [0.25, 0.3) is 0 Å². The van der Waals surface area contributed by atoms with Gasteiger partial charge in [0, 0.05) is 57.8 Å². The van der Waals surface area contributed by atoms with Gasteiger partial charge in [0.15, 0.2) is 34.0 Å². The van der Waals surface area contributed by atoms with Crippen molar-refractivity contribution in [3.05, 3.63) is 0 Å². The van der Waals surface area contributed by atoms with E-state index in [0.29, 0.717) is 35.1 Å². The van der Waals surface area contributed by atoms with E-state index in [0.717, 1.165) is 19.3 Å². The molecule has 3 saturated carbocycles. The van der Waals surface area contributed by atoms with Gasteiger partial charge in [0.05, 0.1) is 21.1 Å². The summed E-state index contributed by atoms with van der Waals surface area (Å²) in [5.74, 6) is 2.78. The summed E-state index contributed by atoms with van der Waals surface area (Å²) in [5, 5.41) is 6.12. The van der Waals surface area contributed by atoms with Gasteiger partial charge in [-0.25, -0.2) is 0 Å². The van der Waals surface area contributed by atoms with E-state index in [9.17, 15) is 14.4 Å². The topological polar surface area (TPSA) is 101 Å². The van der Waals surface area contributed by atoms with Gasteiger partial charge in [-0.1, -0.05) is 20.8 Å². The van der Waals surface area contributed by atoms with Gasteiger partial charge in [-0.05, 0) is 0 Å². The Morgan fingerprint density at radius 1 is 0.621 bits per heavy atom. The number of carbonyl (C=O) groups excluding carboxylic acids is 3. The molecule has 6 nitrogen and oxygen atoms in total. The van der Waals surface area contributed by atoms with Crippen molar-refractivity contribution in [1.82, 2.24) is 0 Å². The van der Waals surface area contributed by atoms with Gasteiger partial charge in [0.25, 0.3) is 0 Å². The second kappa shape index (κ2) is 10.5. The van der Waals surface area contributed by atoms with E-state index in [-0.39, 0.29) is 16.6 Å². The molecule has 0 aromatic carbocycles. The smallest absolute Gasteiger partial charge is 0.190 e. The number of rotatable bonds is 6. The fraction of sp³-hybridized carbons (Fsp3) is 0.783. The second-order valence-electron chi connectivity index (χ2n) is 8.97. The van der Waals surface area contributed by atoms with Gasteiger partial charge < -0.3 is 16.0 Å². The summed E-state index contributed by atoms with van der Waals surface area (Å²) >= 11 is 0. The maximum atomic E-state index is 10.9. The second-order valence-corrected chi connectivity index (χ2v) is 8.97. The van der Waals surface area contributed by atoms with Gasteiger partial charge in [-0.3, -0.25) is 14.4 Å². The van der Waals surface area contributed by atoms with E-state index in [1.165, 1.54) is 0 Å². The van der Waals surface area contributed by atoms with Gasteiger partial charge in [0.1, 0.15) is 0 Å². The number of terminal acetylenes is 1. The van der Waals surface area contributed by atoms with Crippen LogP contribution in [0.4, 0.5) is 0 Å². The van der Waals surface area contributed by atoms with E-state index < -0.39 is 0 Å². The maximum Gasteiger partial charge on any atom is 0.190 e. The number of hydrogen-bond donors (Lipinski definition) is 3. The van der Waals surface area contributed by atoms with Crippen LogP contribution in [-0.2, 0) is 14.4 Å². The molecule has 0 spiro atoms. The van der Waals surface area contributed by atoms with Crippen molar-refractivity contribution in [2.45, 2.75) is 77.4 Å². The molecule has 0 amide bonds. The standard InChI is InChI=1S/3C7H13NO.C2H2/c3*1-5-4-7(5,8-3)6(2)9;1-2/h3*5,8H,4H2,1-3H3;1-2H/p+3/t3*5?,7-;/m111./s1. The monoisotopic (exact) mass is 410 g/mol. The minimum atomic E-state index is -0.0139. The Kier molecular flexibility index (Phi) is 9.91. The lowest BCUT2D eigenvalue weighted by Crippen LogP contribution is -2.91. The lowest BCUT2D eigenvalue weighted by Gasteiger charge is -2.05. The summed E-state index contributed by atoms with van der Waals surface area (Å²) < 4.78 is 0. The number of likely N-dealkylation sites (N-methyl/N-ethyl adjacent to an activating group) is 3. The maximum absolute atomic E-state index is 10.9. The summed E-state index contributed by atoms with van der Waals surface area (Å²) in [5.41, 5.74) is -0.0417. The quantitative estimate of drug-likeness (QED) is 0.484. The molecule has 0 aromatic heterocycles.